The average molecular weight is 339 g/mol. The molecule has 0 unspecified atom stereocenters. The number of hydrogen-bond acceptors (Lipinski definition) is 3. The van der Waals surface area contributed by atoms with Crippen molar-refractivity contribution in [2.75, 3.05) is 18.5 Å². The van der Waals surface area contributed by atoms with Crippen LogP contribution < -0.4 is 14.8 Å². The number of anilines is 1. The summed E-state index contributed by atoms with van der Waals surface area (Å²) in [5.74, 6) is 1.64. The second-order valence-corrected chi connectivity index (χ2v) is 6.11. The smallest absolute Gasteiger partial charge is 0.164 e. The topological polar surface area (TPSA) is 30.5 Å². The van der Waals surface area contributed by atoms with Crippen LogP contribution in [0.4, 0.5) is 5.69 Å². The molecule has 0 spiro atoms. The van der Waals surface area contributed by atoms with Gasteiger partial charge < -0.3 is 14.8 Å². The molecule has 1 N–H and O–H groups in total. The van der Waals surface area contributed by atoms with E-state index in [1.165, 1.54) is 16.7 Å². The molecule has 3 nitrogen and oxygen atoms in total. The summed E-state index contributed by atoms with van der Waals surface area (Å²) in [5.41, 5.74) is 5.96. The van der Waals surface area contributed by atoms with Crippen LogP contribution in [0.5, 0.6) is 11.5 Å². The maximum absolute atomic E-state index is 5.83. The quantitative estimate of drug-likeness (QED) is 0.617. The summed E-state index contributed by atoms with van der Waals surface area (Å²) in [6.07, 6.45) is 2.65. The summed E-state index contributed by atoms with van der Waals surface area (Å²) in [6.45, 7) is 14.0. The molecule has 25 heavy (non-hydrogen) atoms. The minimum absolute atomic E-state index is 0.613. The van der Waals surface area contributed by atoms with Gasteiger partial charge in [-0.15, -0.1) is 6.58 Å². The number of benzene rings is 2. The van der Waals surface area contributed by atoms with E-state index in [0.717, 1.165) is 35.7 Å². The summed E-state index contributed by atoms with van der Waals surface area (Å²) in [4.78, 5) is 0. The molecule has 0 aromatic heterocycles. The van der Waals surface area contributed by atoms with Crippen molar-refractivity contribution < 1.29 is 9.47 Å². The van der Waals surface area contributed by atoms with Crippen LogP contribution in [0.1, 0.15) is 36.1 Å². The third-order valence-corrected chi connectivity index (χ3v) is 4.01. The molecule has 0 saturated heterocycles. The maximum atomic E-state index is 5.83. The van der Waals surface area contributed by atoms with Gasteiger partial charge in [-0.05, 0) is 63.4 Å². The molecule has 0 aliphatic carbocycles. The Balaban J connectivity index is 2.28. The molecule has 3 heteroatoms. The summed E-state index contributed by atoms with van der Waals surface area (Å²) in [6, 6.07) is 10.7. The van der Waals surface area contributed by atoms with Crippen molar-refractivity contribution >= 4 is 5.69 Å². The molecule has 134 valence electrons. The summed E-state index contributed by atoms with van der Waals surface area (Å²) >= 11 is 0. The average Bonchev–Trinajstić information content (AvgIpc) is 2.57. The van der Waals surface area contributed by atoms with E-state index in [0.29, 0.717) is 13.2 Å². The van der Waals surface area contributed by atoms with Gasteiger partial charge in [-0.3, -0.25) is 0 Å². The molecule has 0 heterocycles. The van der Waals surface area contributed by atoms with E-state index < -0.39 is 0 Å². The highest BCUT2D eigenvalue weighted by Gasteiger charge is 2.13. The first-order chi connectivity index (χ1) is 12.1. The lowest BCUT2D eigenvalue weighted by Gasteiger charge is -2.17. The minimum Gasteiger partial charge on any atom is -0.490 e. The van der Waals surface area contributed by atoms with Crippen molar-refractivity contribution in [2.45, 2.75) is 40.7 Å². The van der Waals surface area contributed by atoms with Crippen molar-refractivity contribution in [3.8, 4) is 11.5 Å². The second kappa shape index (κ2) is 9.16. The Morgan fingerprint density at radius 1 is 1.04 bits per heavy atom. The Labute approximate surface area is 151 Å². The maximum Gasteiger partial charge on any atom is 0.164 e. The Morgan fingerprint density at radius 3 is 2.44 bits per heavy atom. The lowest BCUT2D eigenvalue weighted by molar-refractivity contribution is 0.285. The van der Waals surface area contributed by atoms with Gasteiger partial charge in [0.15, 0.2) is 11.5 Å². The Hall–Kier alpha value is -2.42. The minimum atomic E-state index is 0.613. The van der Waals surface area contributed by atoms with Crippen molar-refractivity contribution in [3.05, 3.63) is 65.2 Å². The fraction of sp³-hybridized carbons (Fsp3) is 0.364. The van der Waals surface area contributed by atoms with Crippen LogP contribution in [-0.4, -0.2) is 13.2 Å². The number of hydrogen-bond donors (Lipinski definition) is 1. The van der Waals surface area contributed by atoms with E-state index >= 15 is 0 Å². The van der Waals surface area contributed by atoms with E-state index in [1.807, 2.05) is 19.9 Å². The molecular weight excluding hydrogens is 310 g/mol. The molecule has 0 radical (unpaired) electrons. The normalized spacial score (nSPS) is 10.4. The number of aryl methyl sites for hydroxylation is 2. The standard InChI is InChI=1S/C22H29NO2/c1-6-9-19-13-18(14-21(24-7-2)22(19)25-8-3)15-23-20-11-10-16(4)12-17(20)5/h6,10-14,23H,1,7-9,15H2,2-5H3. The molecule has 0 fully saturated rings. The van der Waals surface area contributed by atoms with Crippen molar-refractivity contribution in [1.29, 1.82) is 0 Å². The number of allylic oxidation sites excluding steroid dienone is 1. The molecule has 0 atom stereocenters. The molecule has 2 rings (SSSR count). The zero-order chi connectivity index (χ0) is 18.2. The molecule has 0 aliphatic heterocycles. The van der Waals surface area contributed by atoms with Crippen LogP contribution in [-0.2, 0) is 13.0 Å². The van der Waals surface area contributed by atoms with Gasteiger partial charge in [-0.2, -0.15) is 0 Å². The van der Waals surface area contributed by atoms with Gasteiger partial charge in [-0.1, -0.05) is 23.8 Å². The lowest BCUT2D eigenvalue weighted by atomic mass is 10.0. The first-order valence-electron chi connectivity index (χ1n) is 8.92. The zero-order valence-corrected chi connectivity index (χ0v) is 15.8. The van der Waals surface area contributed by atoms with Crippen molar-refractivity contribution in [3.63, 3.8) is 0 Å². The first kappa shape index (κ1) is 18.9. The van der Waals surface area contributed by atoms with E-state index in [2.05, 4.69) is 56.1 Å². The first-order valence-corrected chi connectivity index (χ1v) is 8.92. The monoisotopic (exact) mass is 339 g/mol. The van der Waals surface area contributed by atoms with Gasteiger partial charge in [0.1, 0.15) is 0 Å². The predicted molar refractivity (Wildman–Crippen MR) is 106 cm³/mol. The zero-order valence-electron chi connectivity index (χ0n) is 15.8. The van der Waals surface area contributed by atoms with Crippen molar-refractivity contribution in [1.82, 2.24) is 0 Å². The van der Waals surface area contributed by atoms with Gasteiger partial charge in [-0.25, -0.2) is 0 Å². The van der Waals surface area contributed by atoms with Crippen LogP contribution in [0.3, 0.4) is 0 Å². The van der Waals surface area contributed by atoms with Gasteiger partial charge in [0.05, 0.1) is 13.2 Å². The highest BCUT2D eigenvalue weighted by molar-refractivity contribution is 5.54. The van der Waals surface area contributed by atoms with Gasteiger partial charge in [0, 0.05) is 17.8 Å². The Kier molecular flexibility index (Phi) is 6.93. The predicted octanol–water partition coefficient (Wildman–Crippen LogP) is 5.44. The summed E-state index contributed by atoms with van der Waals surface area (Å²) < 4.78 is 11.7. The van der Waals surface area contributed by atoms with Gasteiger partial charge >= 0.3 is 0 Å². The highest BCUT2D eigenvalue weighted by Crippen LogP contribution is 2.34. The SMILES string of the molecule is C=CCc1cc(CNc2ccc(C)cc2C)cc(OCC)c1OCC. The second-order valence-electron chi connectivity index (χ2n) is 6.11. The third kappa shape index (κ3) is 5.02. The van der Waals surface area contributed by atoms with E-state index in [4.69, 9.17) is 9.47 Å². The number of rotatable bonds is 9. The van der Waals surface area contributed by atoms with Crippen LogP contribution in [0.2, 0.25) is 0 Å². The van der Waals surface area contributed by atoms with E-state index in [1.54, 1.807) is 0 Å². The molecule has 2 aromatic carbocycles. The van der Waals surface area contributed by atoms with Crippen molar-refractivity contribution in [2.24, 2.45) is 0 Å². The third-order valence-electron chi connectivity index (χ3n) is 4.01. The van der Waals surface area contributed by atoms with Gasteiger partial charge in [0.2, 0.25) is 0 Å². The highest BCUT2D eigenvalue weighted by atomic mass is 16.5. The lowest BCUT2D eigenvalue weighted by Crippen LogP contribution is -2.06. The number of nitrogens with one attached hydrogen (secondary N) is 1. The fourth-order valence-corrected chi connectivity index (χ4v) is 2.91. The van der Waals surface area contributed by atoms with Crippen LogP contribution >= 0.6 is 0 Å². The molecule has 2 aromatic rings. The largest absolute Gasteiger partial charge is 0.490 e. The molecule has 0 aliphatic rings. The molecule has 0 amide bonds. The van der Waals surface area contributed by atoms with Gasteiger partial charge in [0.25, 0.3) is 0 Å². The van der Waals surface area contributed by atoms with Crippen LogP contribution in [0.25, 0.3) is 0 Å². The molecule has 0 saturated carbocycles. The Bertz CT molecular complexity index is 722. The molecule has 0 bridgehead atoms. The summed E-state index contributed by atoms with van der Waals surface area (Å²) in [5, 5.41) is 3.52. The van der Waals surface area contributed by atoms with Crippen LogP contribution in [0.15, 0.2) is 43.0 Å². The van der Waals surface area contributed by atoms with Crippen LogP contribution in [0, 0.1) is 13.8 Å². The summed E-state index contributed by atoms with van der Waals surface area (Å²) in [7, 11) is 0. The molecular formula is C22H29NO2. The van der Waals surface area contributed by atoms with E-state index in [9.17, 15) is 0 Å². The fourth-order valence-electron chi connectivity index (χ4n) is 2.91. The number of ether oxygens (including phenoxy) is 2. The van der Waals surface area contributed by atoms with E-state index in [-0.39, 0.29) is 0 Å². The Morgan fingerprint density at radius 2 is 1.80 bits per heavy atom.